The van der Waals surface area contributed by atoms with E-state index in [9.17, 15) is 0 Å². The predicted molar refractivity (Wildman–Crippen MR) is 87.6 cm³/mol. The zero-order chi connectivity index (χ0) is 14.6. The zero-order valence-corrected chi connectivity index (χ0v) is 15.5. The Balaban J connectivity index is 0.00000400. The minimum absolute atomic E-state index is 0. The Morgan fingerprint density at radius 1 is 0.905 bits per heavy atom. The molecule has 1 aromatic heterocycles. The van der Waals surface area contributed by atoms with Crippen LogP contribution in [0.3, 0.4) is 0 Å². The van der Waals surface area contributed by atoms with E-state index in [1.165, 1.54) is 69.8 Å². The summed E-state index contributed by atoms with van der Waals surface area (Å²) in [6.07, 6.45) is 15.9. The molecule has 0 atom stereocenters. The van der Waals surface area contributed by atoms with Gasteiger partial charge in [-0.15, -0.1) is 0 Å². The number of nitrogen functional groups attached to an aromatic ring is 1. The van der Waals surface area contributed by atoms with Crippen molar-refractivity contribution < 1.29 is 21.5 Å². The first-order chi connectivity index (χ1) is 9.74. The van der Waals surface area contributed by atoms with E-state index in [-0.39, 0.29) is 17.0 Å². The molecule has 0 bridgehead atoms. The van der Waals surface area contributed by atoms with E-state index in [2.05, 4.69) is 36.7 Å². The van der Waals surface area contributed by atoms with E-state index >= 15 is 0 Å². The van der Waals surface area contributed by atoms with E-state index in [4.69, 9.17) is 5.73 Å². The zero-order valence-electron chi connectivity index (χ0n) is 13.9. The second-order valence-corrected chi connectivity index (χ2v) is 6.00. The maximum Gasteiger partial charge on any atom is 0.272 e. The summed E-state index contributed by atoms with van der Waals surface area (Å²) in [6.45, 7) is 5.42. The molecule has 0 saturated carbocycles. The lowest BCUT2D eigenvalue weighted by Gasteiger charge is -2.04. The van der Waals surface area contributed by atoms with Crippen LogP contribution in [0.5, 0.6) is 0 Å². The number of aromatic nitrogens is 1. The van der Waals surface area contributed by atoms with Gasteiger partial charge in [0.2, 0.25) is 0 Å². The van der Waals surface area contributed by atoms with Crippen molar-refractivity contribution in [1.29, 1.82) is 0 Å². The van der Waals surface area contributed by atoms with E-state index < -0.39 is 0 Å². The lowest BCUT2D eigenvalue weighted by Crippen LogP contribution is -3.00. The SMILES string of the molecule is CCCCCCCCCCCC[n+]1ccc(C)cc1N.[Br-]. The molecule has 0 aromatic carbocycles. The molecule has 21 heavy (non-hydrogen) atoms. The molecule has 0 aliphatic rings. The van der Waals surface area contributed by atoms with Crippen molar-refractivity contribution in [3.05, 3.63) is 23.9 Å². The van der Waals surface area contributed by atoms with Gasteiger partial charge >= 0.3 is 0 Å². The van der Waals surface area contributed by atoms with Crippen molar-refractivity contribution in [2.45, 2.75) is 84.6 Å². The summed E-state index contributed by atoms with van der Waals surface area (Å²) >= 11 is 0. The van der Waals surface area contributed by atoms with Crippen molar-refractivity contribution in [1.82, 2.24) is 0 Å². The smallest absolute Gasteiger partial charge is 0.272 e. The van der Waals surface area contributed by atoms with Gasteiger partial charge in [-0.05, 0) is 31.4 Å². The maximum atomic E-state index is 6.00. The highest BCUT2D eigenvalue weighted by molar-refractivity contribution is 5.25. The van der Waals surface area contributed by atoms with Crippen molar-refractivity contribution in [2.75, 3.05) is 5.73 Å². The fraction of sp³-hybridized carbons (Fsp3) is 0.722. The Morgan fingerprint density at radius 2 is 1.43 bits per heavy atom. The number of hydrogen-bond donors (Lipinski definition) is 1. The summed E-state index contributed by atoms with van der Waals surface area (Å²) in [5, 5.41) is 0. The minimum Gasteiger partial charge on any atom is -1.00 e. The van der Waals surface area contributed by atoms with Crippen molar-refractivity contribution >= 4 is 5.82 Å². The van der Waals surface area contributed by atoms with Crippen LogP contribution < -0.4 is 27.3 Å². The third-order valence-electron chi connectivity index (χ3n) is 3.98. The Bertz CT molecular complexity index is 366. The van der Waals surface area contributed by atoms with Crippen LogP contribution in [0.25, 0.3) is 0 Å². The van der Waals surface area contributed by atoms with Crippen LogP contribution in [-0.2, 0) is 6.54 Å². The van der Waals surface area contributed by atoms with Crippen LogP contribution in [-0.4, -0.2) is 0 Å². The number of pyridine rings is 1. The fourth-order valence-corrected chi connectivity index (χ4v) is 2.63. The van der Waals surface area contributed by atoms with Crippen LogP contribution in [0.2, 0.25) is 0 Å². The molecule has 2 nitrogen and oxygen atoms in total. The molecule has 3 heteroatoms. The van der Waals surface area contributed by atoms with Crippen LogP contribution in [0.15, 0.2) is 18.3 Å². The average molecular weight is 357 g/mol. The van der Waals surface area contributed by atoms with E-state index in [0.717, 1.165) is 12.4 Å². The van der Waals surface area contributed by atoms with Gasteiger partial charge in [0, 0.05) is 6.07 Å². The first-order valence-corrected chi connectivity index (χ1v) is 8.49. The van der Waals surface area contributed by atoms with Crippen LogP contribution in [0.4, 0.5) is 5.82 Å². The van der Waals surface area contributed by atoms with Crippen molar-refractivity contribution in [3.63, 3.8) is 0 Å². The summed E-state index contributed by atoms with van der Waals surface area (Å²) in [5.74, 6) is 0.890. The van der Waals surface area contributed by atoms with Gasteiger partial charge in [0.05, 0.1) is 12.7 Å². The number of nitrogens with zero attached hydrogens (tertiary/aromatic N) is 1. The van der Waals surface area contributed by atoms with Crippen molar-refractivity contribution in [3.8, 4) is 0 Å². The van der Waals surface area contributed by atoms with Crippen LogP contribution >= 0.6 is 0 Å². The second-order valence-electron chi connectivity index (χ2n) is 6.00. The number of aryl methyl sites for hydroxylation is 2. The van der Waals surface area contributed by atoms with Crippen molar-refractivity contribution in [2.24, 2.45) is 0 Å². The fourth-order valence-electron chi connectivity index (χ4n) is 2.63. The van der Waals surface area contributed by atoms with Gasteiger partial charge < -0.3 is 17.0 Å². The molecular weight excluding hydrogens is 324 g/mol. The Kier molecular flexibility index (Phi) is 12.8. The highest BCUT2D eigenvalue weighted by Crippen LogP contribution is 2.10. The highest BCUT2D eigenvalue weighted by atomic mass is 79.9. The number of halogens is 1. The molecule has 2 N–H and O–H groups in total. The molecule has 0 unspecified atom stereocenters. The summed E-state index contributed by atoms with van der Waals surface area (Å²) in [7, 11) is 0. The van der Waals surface area contributed by atoms with Gasteiger partial charge in [-0.2, -0.15) is 0 Å². The predicted octanol–water partition coefficient (Wildman–Crippen LogP) is 1.79. The third kappa shape index (κ3) is 9.89. The summed E-state index contributed by atoms with van der Waals surface area (Å²) in [4.78, 5) is 0. The monoisotopic (exact) mass is 356 g/mol. The van der Waals surface area contributed by atoms with E-state index in [1.807, 2.05) is 0 Å². The van der Waals surface area contributed by atoms with Crippen LogP contribution in [0, 0.1) is 6.92 Å². The standard InChI is InChI=1S/C18H32N2.BrH/c1-3-4-5-6-7-8-9-10-11-12-14-20-15-13-17(2)16-18(20)19;/h13,15-16,19H,3-12,14H2,1-2H3;1H. The minimum atomic E-state index is 0. The average Bonchev–Trinajstić information content (AvgIpc) is 2.43. The lowest BCUT2D eigenvalue weighted by atomic mass is 10.1. The molecule has 0 spiro atoms. The number of hydrogen-bond acceptors (Lipinski definition) is 1. The quantitative estimate of drug-likeness (QED) is 0.475. The molecular formula is C18H33BrN2. The second kappa shape index (κ2) is 13.1. The number of unbranched alkanes of at least 4 members (excludes halogenated alkanes) is 9. The number of nitrogens with two attached hydrogens (primary N) is 1. The number of anilines is 1. The summed E-state index contributed by atoms with van der Waals surface area (Å²) in [5.41, 5.74) is 7.24. The highest BCUT2D eigenvalue weighted by Gasteiger charge is 2.03. The Hall–Kier alpha value is -0.570. The van der Waals surface area contributed by atoms with Gasteiger partial charge in [0.1, 0.15) is 0 Å². The Morgan fingerprint density at radius 3 is 1.95 bits per heavy atom. The molecule has 0 saturated heterocycles. The van der Waals surface area contributed by atoms with Gasteiger partial charge in [0.25, 0.3) is 5.82 Å². The summed E-state index contributed by atoms with van der Waals surface area (Å²) < 4.78 is 2.16. The van der Waals surface area contributed by atoms with Gasteiger partial charge in [-0.3, -0.25) is 5.73 Å². The molecule has 1 rings (SSSR count). The lowest BCUT2D eigenvalue weighted by molar-refractivity contribution is -0.683. The first-order valence-electron chi connectivity index (χ1n) is 8.49. The number of rotatable bonds is 11. The third-order valence-corrected chi connectivity index (χ3v) is 3.98. The molecule has 1 heterocycles. The van der Waals surface area contributed by atoms with Gasteiger partial charge in [-0.1, -0.05) is 58.3 Å². The molecule has 1 aromatic rings. The van der Waals surface area contributed by atoms with Gasteiger partial charge in [-0.25, -0.2) is 4.57 Å². The molecule has 0 radical (unpaired) electrons. The first kappa shape index (κ1) is 20.4. The normalized spacial score (nSPS) is 10.4. The largest absolute Gasteiger partial charge is 1.00 e. The molecule has 0 aliphatic heterocycles. The molecule has 0 amide bonds. The molecule has 0 fully saturated rings. The van der Waals surface area contributed by atoms with E-state index in [0.29, 0.717) is 0 Å². The topological polar surface area (TPSA) is 29.9 Å². The van der Waals surface area contributed by atoms with Gasteiger partial charge in [0.15, 0.2) is 0 Å². The maximum absolute atomic E-state index is 6.00. The Labute approximate surface area is 141 Å². The molecule has 0 aliphatic carbocycles. The summed E-state index contributed by atoms with van der Waals surface area (Å²) in [6, 6.07) is 4.18. The van der Waals surface area contributed by atoms with E-state index in [1.54, 1.807) is 0 Å². The molecule has 122 valence electrons. The van der Waals surface area contributed by atoms with Crippen LogP contribution in [0.1, 0.15) is 76.7 Å².